The van der Waals surface area contributed by atoms with E-state index in [0.717, 1.165) is 13.1 Å². The first-order valence-corrected chi connectivity index (χ1v) is 6.39. The van der Waals surface area contributed by atoms with E-state index in [2.05, 4.69) is 60.9 Å². The summed E-state index contributed by atoms with van der Waals surface area (Å²) in [5.74, 6) is 0. The summed E-state index contributed by atoms with van der Waals surface area (Å²) in [6.45, 7) is 6.02. The molecule has 0 aromatic heterocycles. The molecule has 1 aliphatic rings. The van der Waals surface area contributed by atoms with E-state index < -0.39 is 0 Å². The van der Waals surface area contributed by atoms with Crippen LogP contribution in [0.5, 0.6) is 0 Å². The van der Waals surface area contributed by atoms with Gasteiger partial charge >= 0.3 is 0 Å². The van der Waals surface area contributed by atoms with Gasteiger partial charge in [0.25, 0.3) is 0 Å². The van der Waals surface area contributed by atoms with Crippen LogP contribution in [0.15, 0.2) is 36.4 Å². The van der Waals surface area contributed by atoms with Crippen LogP contribution in [0.4, 0.5) is 11.4 Å². The number of anilines is 2. The van der Waals surface area contributed by atoms with Gasteiger partial charge in [-0.15, -0.1) is 0 Å². The van der Waals surface area contributed by atoms with Crippen LogP contribution in [-0.2, 0) is 13.1 Å². The molecule has 0 amide bonds. The van der Waals surface area contributed by atoms with Crippen LogP contribution >= 0.6 is 0 Å². The van der Waals surface area contributed by atoms with Crippen LogP contribution in [0.3, 0.4) is 0 Å². The number of benzene rings is 2. The van der Waals surface area contributed by atoms with Crippen molar-refractivity contribution >= 4 is 11.4 Å². The Morgan fingerprint density at radius 3 is 1.61 bits per heavy atom. The minimum Gasteiger partial charge on any atom is -0.381 e. The Balaban J connectivity index is 1.96. The SMILES string of the molecule is Cc1ccc2c(c1)CNc1ccc(C)cc1CN2. The molecule has 2 heteroatoms. The molecule has 92 valence electrons. The van der Waals surface area contributed by atoms with Crippen molar-refractivity contribution in [2.45, 2.75) is 26.9 Å². The standard InChI is InChI=1S/C16H18N2/c1-11-3-5-15-13(7-11)9-17-16-6-4-12(2)8-14(16)10-18-15/h3-8,17-18H,9-10H2,1-2H3. The fourth-order valence-corrected chi connectivity index (χ4v) is 2.46. The van der Waals surface area contributed by atoms with Gasteiger partial charge in [0.05, 0.1) is 0 Å². The van der Waals surface area contributed by atoms with E-state index in [-0.39, 0.29) is 0 Å². The molecule has 1 heterocycles. The molecular weight excluding hydrogens is 220 g/mol. The lowest BCUT2D eigenvalue weighted by Crippen LogP contribution is -2.12. The molecule has 2 nitrogen and oxygen atoms in total. The summed E-state index contributed by atoms with van der Waals surface area (Å²) in [6, 6.07) is 13.2. The molecule has 0 spiro atoms. The summed E-state index contributed by atoms with van der Waals surface area (Å²) in [5.41, 5.74) is 7.76. The van der Waals surface area contributed by atoms with E-state index in [1.165, 1.54) is 33.6 Å². The van der Waals surface area contributed by atoms with Crippen molar-refractivity contribution in [3.05, 3.63) is 58.7 Å². The Kier molecular flexibility index (Phi) is 2.71. The molecule has 2 aromatic carbocycles. The lowest BCUT2D eigenvalue weighted by atomic mass is 10.0. The predicted molar refractivity (Wildman–Crippen MR) is 77.0 cm³/mol. The molecule has 0 unspecified atom stereocenters. The molecule has 0 saturated carbocycles. The maximum atomic E-state index is 3.54. The fourth-order valence-electron chi connectivity index (χ4n) is 2.46. The van der Waals surface area contributed by atoms with Crippen molar-refractivity contribution in [3.8, 4) is 0 Å². The lowest BCUT2D eigenvalue weighted by Gasteiger charge is -2.21. The second-order valence-corrected chi connectivity index (χ2v) is 5.03. The average Bonchev–Trinajstić information content (AvgIpc) is 2.34. The zero-order chi connectivity index (χ0) is 12.5. The molecule has 2 aromatic rings. The molecule has 18 heavy (non-hydrogen) atoms. The molecular formula is C16H18N2. The number of rotatable bonds is 0. The van der Waals surface area contributed by atoms with Gasteiger partial charge in [0.15, 0.2) is 0 Å². The van der Waals surface area contributed by atoms with Gasteiger partial charge in [-0.05, 0) is 37.1 Å². The Hall–Kier alpha value is -1.96. The van der Waals surface area contributed by atoms with E-state index in [4.69, 9.17) is 0 Å². The maximum Gasteiger partial charge on any atom is 0.0421 e. The third-order valence-corrected chi connectivity index (χ3v) is 3.46. The van der Waals surface area contributed by atoms with Crippen molar-refractivity contribution in [3.63, 3.8) is 0 Å². The van der Waals surface area contributed by atoms with Gasteiger partial charge in [0, 0.05) is 24.5 Å². The Bertz CT molecular complexity index is 534. The first-order chi connectivity index (χ1) is 8.72. The molecule has 0 atom stereocenters. The maximum absolute atomic E-state index is 3.54. The van der Waals surface area contributed by atoms with Gasteiger partial charge in [-0.1, -0.05) is 35.4 Å². The van der Waals surface area contributed by atoms with E-state index in [1.807, 2.05) is 0 Å². The smallest absolute Gasteiger partial charge is 0.0421 e. The zero-order valence-electron chi connectivity index (χ0n) is 10.9. The van der Waals surface area contributed by atoms with Gasteiger partial charge in [-0.3, -0.25) is 0 Å². The van der Waals surface area contributed by atoms with Crippen molar-refractivity contribution in [2.75, 3.05) is 10.6 Å². The van der Waals surface area contributed by atoms with Crippen LogP contribution in [0.25, 0.3) is 0 Å². The number of hydrogen-bond donors (Lipinski definition) is 2. The van der Waals surface area contributed by atoms with Gasteiger partial charge in [0.1, 0.15) is 0 Å². The highest BCUT2D eigenvalue weighted by Gasteiger charge is 2.10. The first-order valence-electron chi connectivity index (χ1n) is 6.39. The van der Waals surface area contributed by atoms with Crippen LogP contribution < -0.4 is 10.6 Å². The summed E-state index contributed by atoms with van der Waals surface area (Å²) < 4.78 is 0. The van der Waals surface area contributed by atoms with E-state index in [0.29, 0.717) is 0 Å². The minimum absolute atomic E-state index is 0.875. The quantitative estimate of drug-likeness (QED) is 0.728. The summed E-state index contributed by atoms with van der Waals surface area (Å²) in [7, 11) is 0. The molecule has 0 bridgehead atoms. The van der Waals surface area contributed by atoms with Crippen molar-refractivity contribution < 1.29 is 0 Å². The van der Waals surface area contributed by atoms with Gasteiger partial charge in [0.2, 0.25) is 0 Å². The number of hydrogen-bond acceptors (Lipinski definition) is 2. The summed E-state index contributed by atoms with van der Waals surface area (Å²) in [5, 5.41) is 7.07. The number of fused-ring (bicyclic) bond motifs is 2. The second-order valence-electron chi connectivity index (χ2n) is 5.03. The Morgan fingerprint density at radius 2 is 1.17 bits per heavy atom. The molecule has 2 N–H and O–H groups in total. The van der Waals surface area contributed by atoms with Crippen LogP contribution in [-0.4, -0.2) is 0 Å². The van der Waals surface area contributed by atoms with Crippen molar-refractivity contribution in [1.82, 2.24) is 0 Å². The zero-order valence-corrected chi connectivity index (χ0v) is 10.9. The highest BCUT2D eigenvalue weighted by molar-refractivity contribution is 5.61. The van der Waals surface area contributed by atoms with Crippen molar-refractivity contribution in [1.29, 1.82) is 0 Å². The monoisotopic (exact) mass is 238 g/mol. The largest absolute Gasteiger partial charge is 0.381 e. The highest BCUT2D eigenvalue weighted by Crippen LogP contribution is 2.26. The summed E-state index contributed by atoms with van der Waals surface area (Å²) >= 11 is 0. The number of aryl methyl sites for hydroxylation is 2. The average molecular weight is 238 g/mol. The third-order valence-electron chi connectivity index (χ3n) is 3.46. The molecule has 1 aliphatic heterocycles. The third kappa shape index (κ3) is 2.06. The summed E-state index contributed by atoms with van der Waals surface area (Å²) in [4.78, 5) is 0. The van der Waals surface area contributed by atoms with Crippen LogP contribution in [0.1, 0.15) is 22.3 Å². The van der Waals surface area contributed by atoms with E-state index >= 15 is 0 Å². The molecule has 0 aliphatic carbocycles. The van der Waals surface area contributed by atoms with Gasteiger partial charge < -0.3 is 10.6 Å². The molecule has 0 fully saturated rings. The highest BCUT2D eigenvalue weighted by atomic mass is 14.9. The van der Waals surface area contributed by atoms with Crippen LogP contribution in [0.2, 0.25) is 0 Å². The Morgan fingerprint density at radius 1 is 0.722 bits per heavy atom. The molecule has 3 rings (SSSR count). The van der Waals surface area contributed by atoms with Gasteiger partial charge in [-0.2, -0.15) is 0 Å². The first kappa shape index (κ1) is 11.1. The molecule has 0 saturated heterocycles. The van der Waals surface area contributed by atoms with Gasteiger partial charge in [-0.25, -0.2) is 0 Å². The fraction of sp³-hybridized carbons (Fsp3) is 0.250. The summed E-state index contributed by atoms with van der Waals surface area (Å²) in [6.07, 6.45) is 0. The van der Waals surface area contributed by atoms with E-state index in [9.17, 15) is 0 Å². The Labute approximate surface area is 108 Å². The minimum atomic E-state index is 0.875. The second kappa shape index (κ2) is 4.37. The normalized spacial score (nSPS) is 13.4. The van der Waals surface area contributed by atoms with Crippen LogP contribution in [0, 0.1) is 13.8 Å². The predicted octanol–water partition coefficient (Wildman–Crippen LogP) is 3.84. The van der Waals surface area contributed by atoms with E-state index in [1.54, 1.807) is 0 Å². The van der Waals surface area contributed by atoms with Crippen molar-refractivity contribution in [2.24, 2.45) is 0 Å². The molecule has 0 radical (unpaired) electrons. The topological polar surface area (TPSA) is 24.1 Å². The number of nitrogens with one attached hydrogen (secondary N) is 2. The lowest BCUT2D eigenvalue weighted by molar-refractivity contribution is 1.05.